The molecule has 0 bridgehead atoms. The molecule has 0 aromatic heterocycles. The molecule has 1 N–H and O–H groups in total. The zero-order valence-electron chi connectivity index (χ0n) is 13.0. The smallest absolute Gasteiger partial charge is 0.256 e. The lowest BCUT2D eigenvalue weighted by Gasteiger charge is -2.18. The first kappa shape index (κ1) is 15.6. The van der Waals surface area contributed by atoms with Gasteiger partial charge in [-0.3, -0.25) is 9.59 Å². The molecule has 3 rings (SSSR count). The van der Waals surface area contributed by atoms with E-state index >= 15 is 0 Å². The molecule has 1 fully saturated rings. The maximum absolute atomic E-state index is 12.6. The highest BCUT2D eigenvalue weighted by atomic mass is 35.5. The quantitative estimate of drug-likeness (QED) is 0.874. The highest BCUT2D eigenvalue weighted by Gasteiger charge is 2.40. The van der Waals surface area contributed by atoms with Crippen LogP contribution in [-0.2, 0) is 9.59 Å². The molecule has 1 aliphatic rings. The summed E-state index contributed by atoms with van der Waals surface area (Å²) in [6, 6.07) is 12.3. The van der Waals surface area contributed by atoms with Crippen LogP contribution in [0.1, 0.15) is 17.5 Å². The SMILES string of the molecule is Cc1ccc(N[C@@H]2CC(=O)N(c3ccc(Cl)cc3C)C2=O)cc1. The number of carbonyl (C=O) groups excluding carboxylic acids is 2. The number of nitrogens with zero attached hydrogens (tertiary/aromatic N) is 1. The molecule has 1 atom stereocenters. The minimum absolute atomic E-state index is 0.148. The Bertz CT molecular complexity index is 771. The molecule has 2 amide bonds. The summed E-state index contributed by atoms with van der Waals surface area (Å²) in [4.78, 5) is 26.2. The predicted octanol–water partition coefficient (Wildman–Crippen LogP) is 3.70. The van der Waals surface area contributed by atoms with Crippen molar-refractivity contribution in [3.8, 4) is 0 Å². The molecule has 0 saturated carbocycles. The number of amides is 2. The van der Waals surface area contributed by atoms with Crippen molar-refractivity contribution in [2.24, 2.45) is 0 Å². The topological polar surface area (TPSA) is 49.4 Å². The Hall–Kier alpha value is -2.33. The van der Waals surface area contributed by atoms with Crippen molar-refractivity contribution in [1.29, 1.82) is 0 Å². The van der Waals surface area contributed by atoms with E-state index in [9.17, 15) is 9.59 Å². The Balaban J connectivity index is 1.83. The van der Waals surface area contributed by atoms with E-state index in [1.165, 1.54) is 4.90 Å². The Morgan fingerprint density at radius 1 is 1.09 bits per heavy atom. The monoisotopic (exact) mass is 328 g/mol. The molecule has 5 heteroatoms. The second kappa shape index (κ2) is 6.05. The number of nitrogens with one attached hydrogen (secondary N) is 1. The molecule has 1 heterocycles. The number of hydrogen-bond acceptors (Lipinski definition) is 3. The van der Waals surface area contributed by atoms with Crippen LogP contribution in [0.2, 0.25) is 5.02 Å². The molecule has 23 heavy (non-hydrogen) atoms. The number of hydrogen-bond donors (Lipinski definition) is 1. The fourth-order valence-corrected chi connectivity index (χ4v) is 2.95. The highest BCUT2D eigenvalue weighted by Crippen LogP contribution is 2.29. The van der Waals surface area contributed by atoms with Crippen molar-refractivity contribution in [1.82, 2.24) is 0 Å². The first-order chi connectivity index (χ1) is 11.0. The normalized spacial score (nSPS) is 17.7. The van der Waals surface area contributed by atoms with E-state index in [1.54, 1.807) is 18.2 Å². The minimum Gasteiger partial charge on any atom is -0.373 e. The fraction of sp³-hybridized carbons (Fsp3) is 0.222. The lowest BCUT2D eigenvalue weighted by molar-refractivity contribution is -0.121. The first-order valence-electron chi connectivity index (χ1n) is 7.42. The second-order valence-electron chi connectivity index (χ2n) is 5.77. The van der Waals surface area contributed by atoms with Crippen LogP contribution in [0.25, 0.3) is 0 Å². The molecule has 0 aliphatic carbocycles. The van der Waals surface area contributed by atoms with Crippen molar-refractivity contribution in [3.05, 3.63) is 58.6 Å². The van der Waals surface area contributed by atoms with Crippen LogP contribution >= 0.6 is 11.6 Å². The maximum Gasteiger partial charge on any atom is 0.256 e. The van der Waals surface area contributed by atoms with Crippen molar-refractivity contribution < 1.29 is 9.59 Å². The molecule has 2 aromatic rings. The Morgan fingerprint density at radius 3 is 2.43 bits per heavy atom. The van der Waals surface area contributed by atoms with E-state index in [1.807, 2.05) is 38.1 Å². The van der Waals surface area contributed by atoms with Gasteiger partial charge in [-0.25, -0.2) is 4.90 Å². The average Bonchev–Trinajstić information content (AvgIpc) is 2.77. The molecule has 1 aliphatic heterocycles. The summed E-state index contributed by atoms with van der Waals surface area (Å²) < 4.78 is 0. The summed E-state index contributed by atoms with van der Waals surface area (Å²) in [5.74, 6) is -0.439. The van der Waals surface area contributed by atoms with E-state index in [2.05, 4.69) is 5.32 Å². The van der Waals surface area contributed by atoms with E-state index in [-0.39, 0.29) is 18.2 Å². The number of imide groups is 1. The van der Waals surface area contributed by atoms with E-state index in [0.717, 1.165) is 16.8 Å². The van der Waals surface area contributed by atoms with Crippen molar-refractivity contribution >= 4 is 34.8 Å². The zero-order valence-corrected chi connectivity index (χ0v) is 13.7. The lowest BCUT2D eigenvalue weighted by Crippen LogP contribution is -2.35. The van der Waals surface area contributed by atoms with Gasteiger partial charge in [0.05, 0.1) is 12.1 Å². The minimum atomic E-state index is -0.541. The van der Waals surface area contributed by atoms with Gasteiger partial charge in [0.25, 0.3) is 5.91 Å². The Kier molecular flexibility index (Phi) is 4.09. The summed E-state index contributed by atoms with van der Waals surface area (Å²) in [7, 11) is 0. The predicted molar refractivity (Wildman–Crippen MR) is 91.9 cm³/mol. The maximum atomic E-state index is 12.6. The third kappa shape index (κ3) is 3.08. The van der Waals surface area contributed by atoms with Crippen LogP contribution in [-0.4, -0.2) is 17.9 Å². The number of rotatable bonds is 3. The summed E-state index contributed by atoms with van der Waals surface area (Å²) in [5, 5.41) is 3.72. The van der Waals surface area contributed by atoms with Crippen LogP contribution in [0.5, 0.6) is 0 Å². The van der Waals surface area contributed by atoms with Crippen molar-refractivity contribution in [2.45, 2.75) is 26.3 Å². The summed E-state index contributed by atoms with van der Waals surface area (Å²) in [6.45, 7) is 3.83. The van der Waals surface area contributed by atoms with Gasteiger partial charge in [0.2, 0.25) is 5.91 Å². The van der Waals surface area contributed by atoms with Gasteiger partial charge < -0.3 is 5.32 Å². The van der Waals surface area contributed by atoms with Gasteiger partial charge in [-0.2, -0.15) is 0 Å². The molecule has 118 valence electrons. The van der Waals surface area contributed by atoms with Gasteiger partial charge in [0.15, 0.2) is 0 Å². The van der Waals surface area contributed by atoms with Gasteiger partial charge >= 0.3 is 0 Å². The van der Waals surface area contributed by atoms with E-state index < -0.39 is 6.04 Å². The van der Waals surface area contributed by atoms with Crippen LogP contribution in [0.15, 0.2) is 42.5 Å². The second-order valence-corrected chi connectivity index (χ2v) is 6.20. The standard InChI is InChI=1S/C18H17ClN2O2/c1-11-3-6-14(7-4-11)20-15-10-17(22)21(18(15)23)16-8-5-13(19)9-12(16)2/h3-9,15,20H,10H2,1-2H3/t15-/m1/s1. The molecule has 0 spiro atoms. The third-order valence-electron chi connectivity index (χ3n) is 3.94. The number of anilines is 2. The number of benzene rings is 2. The Labute approximate surface area is 140 Å². The van der Waals surface area contributed by atoms with Crippen LogP contribution in [0.3, 0.4) is 0 Å². The fourth-order valence-electron chi connectivity index (χ4n) is 2.72. The largest absolute Gasteiger partial charge is 0.373 e. The zero-order chi connectivity index (χ0) is 16.6. The van der Waals surface area contributed by atoms with E-state index in [0.29, 0.717) is 10.7 Å². The molecular formula is C18H17ClN2O2. The molecule has 2 aromatic carbocycles. The first-order valence-corrected chi connectivity index (χ1v) is 7.79. The van der Waals surface area contributed by atoms with Crippen molar-refractivity contribution in [2.75, 3.05) is 10.2 Å². The van der Waals surface area contributed by atoms with Crippen LogP contribution in [0.4, 0.5) is 11.4 Å². The van der Waals surface area contributed by atoms with Gasteiger partial charge in [-0.1, -0.05) is 29.3 Å². The van der Waals surface area contributed by atoms with E-state index in [4.69, 9.17) is 11.6 Å². The highest BCUT2D eigenvalue weighted by molar-refractivity contribution is 6.31. The number of aryl methyl sites for hydroxylation is 2. The van der Waals surface area contributed by atoms with Crippen LogP contribution < -0.4 is 10.2 Å². The molecule has 0 unspecified atom stereocenters. The molecule has 4 nitrogen and oxygen atoms in total. The average molecular weight is 329 g/mol. The summed E-state index contributed by atoms with van der Waals surface area (Å²) in [5.41, 5.74) is 3.37. The van der Waals surface area contributed by atoms with Gasteiger partial charge in [-0.15, -0.1) is 0 Å². The summed E-state index contributed by atoms with van der Waals surface area (Å²) in [6.07, 6.45) is 0.148. The van der Waals surface area contributed by atoms with Crippen LogP contribution in [0, 0.1) is 13.8 Å². The lowest BCUT2D eigenvalue weighted by atomic mass is 10.2. The Morgan fingerprint density at radius 2 is 1.78 bits per heavy atom. The van der Waals surface area contributed by atoms with Gasteiger partial charge in [-0.05, 0) is 49.7 Å². The molecule has 0 radical (unpaired) electrons. The third-order valence-corrected chi connectivity index (χ3v) is 4.17. The number of halogens is 1. The van der Waals surface area contributed by atoms with Crippen molar-refractivity contribution in [3.63, 3.8) is 0 Å². The van der Waals surface area contributed by atoms with Gasteiger partial charge in [0, 0.05) is 10.7 Å². The number of carbonyl (C=O) groups is 2. The molecular weight excluding hydrogens is 312 g/mol. The van der Waals surface area contributed by atoms with Gasteiger partial charge in [0.1, 0.15) is 6.04 Å². The molecule has 1 saturated heterocycles. The summed E-state index contributed by atoms with van der Waals surface area (Å²) >= 11 is 5.94.